The molecule has 0 atom stereocenters. The van der Waals surface area contributed by atoms with Gasteiger partial charge in [0.15, 0.2) is 0 Å². The molecule has 0 fully saturated rings. The van der Waals surface area contributed by atoms with Crippen molar-refractivity contribution in [2.75, 3.05) is 19.0 Å². The number of rotatable bonds is 5. The number of nitrogens with zero attached hydrogens (tertiary/aromatic N) is 3. The van der Waals surface area contributed by atoms with Crippen LogP contribution in [0.15, 0.2) is 29.6 Å². The number of ether oxygens (including phenoxy) is 2. The minimum atomic E-state index is -0.551. The van der Waals surface area contributed by atoms with Crippen molar-refractivity contribution < 1.29 is 14.3 Å². The van der Waals surface area contributed by atoms with Crippen molar-refractivity contribution >= 4 is 28.3 Å². The van der Waals surface area contributed by atoms with E-state index in [1.54, 1.807) is 11.6 Å². The highest BCUT2D eigenvalue weighted by atomic mass is 32.1. The highest BCUT2D eigenvalue weighted by Crippen LogP contribution is 2.28. The molecule has 3 aromatic rings. The maximum absolute atomic E-state index is 11.7. The Kier molecular flexibility index (Phi) is 4.66. The Balaban J connectivity index is 1.82. The molecule has 7 nitrogen and oxygen atoms in total. The lowest BCUT2D eigenvalue weighted by atomic mass is 10.2. The lowest BCUT2D eigenvalue weighted by Gasteiger charge is -2.06. The summed E-state index contributed by atoms with van der Waals surface area (Å²) < 4.78 is 12.0. The van der Waals surface area contributed by atoms with Crippen LogP contribution in [0.5, 0.6) is 5.75 Å². The second-order valence-corrected chi connectivity index (χ2v) is 6.44. The van der Waals surface area contributed by atoms with Crippen molar-refractivity contribution in [3.63, 3.8) is 0 Å². The molecule has 0 bridgehead atoms. The number of aromatic nitrogens is 3. The van der Waals surface area contributed by atoms with Gasteiger partial charge in [-0.2, -0.15) is 4.98 Å². The van der Waals surface area contributed by atoms with Crippen LogP contribution in [0.3, 0.4) is 0 Å². The van der Waals surface area contributed by atoms with Crippen molar-refractivity contribution in [3.8, 4) is 17.0 Å². The molecule has 1 N–H and O–H groups in total. The molecule has 2 heterocycles. The third kappa shape index (κ3) is 3.48. The van der Waals surface area contributed by atoms with Gasteiger partial charge in [-0.05, 0) is 18.1 Å². The van der Waals surface area contributed by atoms with E-state index in [1.807, 2.05) is 43.5 Å². The van der Waals surface area contributed by atoms with Crippen molar-refractivity contribution in [1.82, 2.24) is 14.6 Å². The Labute approximate surface area is 143 Å². The van der Waals surface area contributed by atoms with E-state index in [4.69, 9.17) is 9.47 Å². The molecule has 126 valence electrons. The van der Waals surface area contributed by atoms with E-state index < -0.39 is 6.09 Å². The van der Waals surface area contributed by atoms with Crippen molar-refractivity contribution in [2.24, 2.45) is 5.92 Å². The minimum absolute atomic E-state index is 0.222. The van der Waals surface area contributed by atoms with Gasteiger partial charge in [0.25, 0.3) is 5.95 Å². The van der Waals surface area contributed by atoms with Gasteiger partial charge in [0.05, 0.1) is 19.4 Å². The van der Waals surface area contributed by atoms with Crippen LogP contribution in [0, 0.1) is 5.92 Å². The Morgan fingerprint density at radius 1 is 1.42 bits per heavy atom. The van der Waals surface area contributed by atoms with Crippen LogP contribution in [0.1, 0.15) is 13.8 Å². The molecule has 0 spiro atoms. The maximum Gasteiger partial charge on any atom is 0.414 e. The number of nitrogens with one attached hydrogen (secondary N) is 1. The van der Waals surface area contributed by atoms with Crippen LogP contribution < -0.4 is 10.1 Å². The first-order valence-corrected chi connectivity index (χ1v) is 8.37. The second kappa shape index (κ2) is 6.88. The van der Waals surface area contributed by atoms with Gasteiger partial charge in [0, 0.05) is 10.9 Å². The fourth-order valence-electron chi connectivity index (χ4n) is 2.08. The zero-order valence-electron chi connectivity index (χ0n) is 13.6. The van der Waals surface area contributed by atoms with Gasteiger partial charge in [0.2, 0.25) is 4.96 Å². The van der Waals surface area contributed by atoms with Crippen LogP contribution in [0.25, 0.3) is 16.2 Å². The van der Waals surface area contributed by atoms with Crippen LogP contribution in [0.4, 0.5) is 10.7 Å². The summed E-state index contributed by atoms with van der Waals surface area (Å²) >= 11 is 1.44. The minimum Gasteiger partial charge on any atom is -0.497 e. The molecule has 8 heteroatoms. The number of amides is 1. The number of hydrogen-bond acceptors (Lipinski definition) is 6. The number of carbonyl (C=O) groups is 1. The molecule has 1 aromatic carbocycles. The van der Waals surface area contributed by atoms with Gasteiger partial charge in [0.1, 0.15) is 5.75 Å². The SMILES string of the molecule is COc1cccc(-c2csc3nc(NC(=O)OCC(C)C)nn23)c1. The Bertz CT molecular complexity index is 856. The number of thiazole rings is 1. The zero-order chi connectivity index (χ0) is 17.1. The van der Waals surface area contributed by atoms with Gasteiger partial charge in [-0.15, -0.1) is 16.4 Å². The first-order chi connectivity index (χ1) is 11.6. The predicted molar refractivity (Wildman–Crippen MR) is 92.7 cm³/mol. The summed E-state index contributed by atoms with van der Waals surface area (Å²) in [5.74, 6) is 1.26. The molecule has 0 saturated heterocycles. The Morgan fingerprint density at radius 3 is 3.00 bits per heavy atom. The predicted octanol–water partition coefficient (Wildman–Crippen LogP) is 3.67. The first-order valence-electron chi connectivity index (χ1n) is 7.49. The standard InChI is InChI=1S/C16H18N4O3S/c1-10(2)8-23-16(21)18-14-17-15-20(19-14)13(9-24-15)11-5-4-6-12(7-11)22-3/h4-7,9-10H,8H2,1-3H3,(H,18,19,21). The van der Waals surface area contributed by atoms with Gasteiger partial charge in [-0.3, -0.25) is 5.32 Å². The summed E-state index contributed by atoms with van der Waals surface area (Å²) in [5.41, 5.74) is 1.84. The molecule has 3 rings (SSSR count). The first kappa shape index (κ1) is 16.3. The molecule has 24 heavy (non-hydrogen) atoms. The van der Waals surface area contributed by atoms with Crippen LogP contribution >= 0.6 is 11.3 Å². The third-order valence-electron chi connectivity index (χ3n) is 3.21. The van der Waals surface area contributed by atoms with E-state index in [1.165, 1.54) is 11.3 Å². The highest BCUT2D eigenvalue weighted by Gasteiger charge is 2.14. The molecular formula is C16H18N4O3S. The van der Waals surface area contributed by atoms with E-state index in [2.05, 4.69) is 15.4 Å². The van der Waals surface area contributed by atoms with E-state index in [0.29, 0.717) is 11.6 Å². The van der Waals surface area contributed by atoms with E-state index in [-0.39, 0.29) is 11.9 Å². The molecule has 1 amide bonds. The molecular weight excluding hydrogens is 328 g/mol. The van der Waals surface area contributed by atoms with Gasteiger partial charge in [-0.1, -0.05) is 26.0 Å². The summed E-state index contributed by atoms with van der Waals surface area (Å²) in [7, 11) is 1.63. The van der Waals surface area contributed by atoms with Crippen molar-refractivity contribution in [1.29, 1.82) is 0 Å². The van der Waals surface area contributed by atoms with E-state index >= 15 is 0 Å². The Hall–Kier alpha value is -2.61. The van der Waals surface area contributed by atoms with Crippen molar-refractivity contribution in [3.05, 3.63) is 29.6 Å². The second-order valence-electron chi connectivity index (χ2n) is 5.60. The maximum atomic E-state index is 11.7. The largest absolute Gasteiger partial charge is 0.497 e. The molecule has 0 saturated carbocycles. The fraction of sp³-hybridized carbons (Fsp3) is 0.312. The van der Waals surface area contributed by atoms with Gasteiger partial charge < -0.3 is 9.47 Å². The summed E-state index contributed by atoms with van der Waals surface area (Å²) in [6, 6.07) is 7.69. The average Bonchev–Trinajstić information content (AvgIpc) is 3.12. The number of hydrogen-bond donors (Lipinski definition) is 1. The number of methoxy groups -OCH3 is 1. The van der Waals surface area contributed by atoms with Crippen LogP contribution in [-0.4, -0.2) is 34.4 Å². The molecule has 0 aliphatic rings. The van der Waals surface area contributed by atoms with Crippen molar-refractivity contribution in [2.45, 2.75) is 13.8 Å². The van der Waals surface area contributed by atoms with E-state index in [9.17, 15) is 4.79 Å². The summed E-state index contributed by atoms with van der Waals surface area (Å²) in [4.78, 5) is 16.7. The highest BCUT2D eigenvalue weighted by molar-refractivity contribution is 7.15. The number of carbonyl (C=O) groups excluding carboxylic acids is 1. The molecule has 0 aliphatic carbocycles. The zero-order valence-corrected chi connectivity index (χ0v) is 14.5. The smallest absolute Gasteiger partial charge is 0.414 e. The monoisotopic (exact) mass is 346 g/mol. The molecule has 0 unspecified atom stereocenters. The Morgan fingerprint density at radius 2 is 2.25 bits per heavy atom. The third-order valence-corrected chi connectivity index (χ3v) is 4.02. The lowest BCUT2D eigenvalue weighted by molar-refractivity contribution is 0.147. The van der Waals surface area contributed by atoms with E-state index in [0.717, 1.165) is 17.0 Å². The van der Waals surface area contributed by atoms with Crippen LogP contribution in [0.2, 0.25) is 0 Å². The average molecular weight is 346 g/mol. The summed E-state index contributed by atoms with van der Waals surface area (Å²) in [6.45, 7) is 4.29. The number of anilines is 1. The topological polar surface area (TPSA) is 77.8 Å². The quantitative estimate of drug-likeness (QED) is 0.762. The molecule has 0 aliphatic heterocycles. The van der Waals surface area contributed by atoms with Gasteiger partial charge in [-0.25, -0.2) is 9.31 Å². The molecule has 0 radical (unpaired) electrons. The van der Waals surface area contributed by atoms with Gasteiger partial charge >= 0.3 is 6.09 Å². The summed E-state index contributed by atoms with van der Waals surface area (Å²) in [5, 5.41) is 8.85. The number of fused-ring (bicyclic) bond motifs is 1. The fourth-order valence-corrected chi connectivity index (χ4v) is 2.92. The molecule has 2 aromatic heterocycles. The number of benzene rings is 1. The van der Waals surface area contributed by atoms with Crippen LogP contribution in [-0.2, 0) is 4.74 Å². The summed E-state index contributed by atoms with van der Waals surface area (Å²) in [6.07, 6.45) is -0.551. The normalized spacial score (nSPS) is 11.0. The lowest BCUT2D eigenvalue weighted by Crippen LogP contribution is -2.17.